The van der Waals surface area contributed by atoms with E-state index in [1.165, 1.54) is 11.8 Å². The fourth-order valence-corrected chi connectivity index (χ4v) is 3.25. The van der Waals surface area contributed by atoms with Crippen molar-refractivity contribution in [2.24, 2.45) is 0 Å². The summed E-state index contributed by atoms with van der Waals surface area (Å²) in [7, 11) is 0. The molecule has 120 valence electrons. The van der Waals surface area contributed by atoms with Gasteiger partial charge in [0.05, 0.1) is 11.6 Å². The summed E-state index contributed by atoms with van der Waals surface area (Å²) in [6.07, 6.45) is 5.16. The molecule has 6 heteroatoms. The summed E-state index contributed by atoms with van der Waals surface area (Å²) in [4.78, 5) is 15.2. The van der Waals surface area contributed by atoms with Gasteiger partial charge in [-0.25, -0.2) is 4.98 Å². The smallest absolute Gasteiger partial charge is 0.226 e. The first kappa shape index (κ1) is 14.9. The van der Waals surface area contributed by atoms with Gasteiger partial charge in [0.15, 0.2) is 5.65 Å². The number of hydrogen-bond donors (Lipinski definition) is 0. The molecule has 24 heavy (non-hydrogen) atoms. The lowest BCUT2D eigenvalue weighted by molar-refractivity contribution is 0.482. The van der Waals surface area contributed by atoms with Crippen molar-refractivity contribution >= 4 is 34.1 Å². The average Bonchev–Trinajstić information content (AvgIpc) is 2.60. The van der Waals surface area contributed by atoms with Crippen LogP contribution in [0.4, 0.5) is 11.5 Å². The summed E-state index contributed by atoms with van der Waals surface area (Å²) in [5.41, 5.74) is 2.93. The van der Waals surface area contributed by atoms with Gasteiger partial charge in [-0.2, -0.15) is 9.97 Å². The van der Waals surface area contributed by atoms with E-state index in [4.69, 9.17) is 16.3 Å². The zero-order chi connectivity index (χ0) is 16.5. The summed E-state index contributed by atoms with van der Waals surface area (Å²) >= 11 is 6.12. The molecule has 5 nitrogen and oxygen atoms in total. The molecule has 0 spiro atoms. The summed E-state index contributed by atoms with van der Waals surface area (Å²) in [6, 6.07) is 9.88. The second-order valence-electron chi connectivity index (χ2n) is 5.52. The number of aryl methyl sites for hydroxylation is 1. The Kier molecular flexibility index (Phi) is 3.78. The highest BCUT2D eigenvalue weighted by Gasteiger charge is 2.22. The maximum atomic E-state index is 6.12. The van der Waals surface area contributed by atoms with Crippen molar-refractivity contribution in [3.8, 4) is 5.75 Å². The largest absolute Gasteiger partial charge is 0.466 e. The van der Waals surface area contributed by atoms with Gasteiger partial charge in [0.25, 0.3) is 0 Å². The lowest BCUT2D eigenvalue weighted by Crippen LogP contribution is -2.25. The minimum Gasteiger partial charge on any atom is -0.466 e. The molecular formula is C18H15ClN4O. The molecule has 3 aromatic rings. The van der Waals surface area contributed by atoms with E-state index in [1.807, 2.05) is 30.3 Å². The third kappa shape index (κ3) is 2.57. The second kappa shape index (κ2) is 6.09. The van der Waals surface area contributed by atoms with E-state index in [2.05, 4.69) is 26.4 Å². The Morgan fingerprint density at radius 3 is 3.04 bits per heavy atom. The van der Waals surface area contributed by atoms with E-state index in [0.717, 1.165) is 42.0 Å². The van der Waals surface area contributed by atoms with E-state index < -0.39 is 0 Å². The van der Waals surface area contributed by atoms with Crippen LogP contribution in [0.3, 0.4) is 0 Å². The van der Waals surface area contributed by atoms with Gasteiger partial charge >= 0.3 is 0 Å². The molecule has 0 unspecified atom stereocenters. The van der Waals surface area contributed by atoms with E-state index in [9.17, 15) is 0 Å². The Labute approximate surface area is 144 Å². The van der Waals surface area contributed by atoms with Crippen LogP contribution in [0.5, 0.6) is 5.75 Å². The fourth-order valence-electron chi connectivity index (χ4n) is 3.09. The molecule has 2 aromatic heterocycles. The molecular weight excluding hydrogens is 324 g/mol. The van der Waals surface area contributed by atoms with Crippen LogP contribution in [-0.4, -0.2) is 21.5 Å². The highest BCUT2D eigenvalue weighted by atomic mass is 35.5. The molecule has 3 heterocycles. The number of nitrogens with zero attached hydrogens (tertiary/aromatic N) is 4. The summed E-state index contributed by atoms with van der Waals surface area (Å²) in [5, 5.41) is 1.09. The minimum atomic E-state index is 0.204. The molecule has 0 atom stereocenters. The Morgan fingerprint density at radius 2 is 2.17 bits per heavy atom. The van der Waals surface area contributed by atoms with Crippen LogP contribution >= 0.6 is 11.6 Å². The van der Waals surface area contributed by atoms with Gasteiger partial charge < -0.3 is 9.64 Å². The topological polar surface area (TPSA) is 51.1 Å². The number of hydrogen-bond acceptors (Lipinski definition) is 5. The summed E-state index contributed by atoms with van der Waals surface area (Å²) < 4.78 is 5.39. The molecule has 4 rings (SSSR count). The lowest BCUT2D eigenvalue weighted by atomic mass is 10.0. The zero-order valence-corrected chi connectivity index (χ0v) is 13.7. The predicted molar refractivity (Wildman–Crippen MR) is 94.9 cm³/mol. The van der Waals surface area contributed by atoms with Crippen molar-refractivity contribution in [3.05, 3.63) is 60.2 Å². The highest BCUT2D eigenvalue weighted by molar-refractivity contribution is 6.28. The van der Waals surface area contributed by atoms with E-state index >= 15 is 0 Å². The highest BCUT2D eigenvalue weighted by Crippen LogP contribution is 2.37. The standard InChI is InChI=1S/C18H15ClN4O/c1-2-24-13-7-8-15-12(11-13)5-4-10-23(15)17-14-6-3-9-20-16(14)21-18(19)22-17/h2-3,6-9,11H,1,4-5,10H2. The molecule has 1 aliphatic rings. The number of rotatable bonds is 3. The number of ether oxygens (including phenoxy) is 1. The van der Waals surface area contributed by atoms with Crippen molar-refractivity contribution in [2.45, 2.75) is 12.8 Å². The Balaban J connectivity index is 1.86. The number of benzene rings is 1. The molecule has 0 aliphatic carbocycles. The molecule has 0 fully saturated rings. The van der Waals surface area contributed by atoms with E-state index in [-0.39, 0.29) is 5.28 Å². The maximum Gasteiger partial charge on any atom is 0.226 e. The first-order chi connectivity index (χ1) is 11.8. The molecule has 0 saturated carbocycles. The molecule has 1 aliphatic heterocycles. The minimum absolute atomic E-state index is 0.204. The van der Waals surface area contributed by atoms with Crippen LogP contribution in [0, 0.1) is 0 Å². The molecule has 1 aromatic carbocycles. The maximum absolute atomic E-state index is 6.12. The van der Waals surface area contributed by atoms with Crippen molar-refractivity contribution in [1.29, 1.82) is 0 Å². The van der Waals surface area contributed by atoms with Gasteiger partial charge in [0, 0.05) is 18.4 Å². The van der Waals surface area contributed by atoms with Crippen molar-refractivity contribution < 1.29 is 4.74 Å². The lowest BCUT2D eigenvalue weighted by Gasteiger charge is -2.31. The third-order valence-electron chi connectivity index (χ3n) is 4.07. The number of aromatic nitrogens is 3. The van der Waals surface area contributed by atoms with Crippen LogP contribution in [0.2, 0.25) is 5.28 Å². The number of halogens is 1. The normalized spacial score (nSPS) is 13.6. The molecule has 0 saturated heterocycles. The SMILES string of the molecule is C=COc1ccc2c(c1)CCCN2c1nc(Cl)nc2ncccc12. The van der Waals surface area contributed by atoms with Crippen LogP contribution in [0.25, 0.3) is 11.0 Å². The third-order valence-corrected chi connectivity index (χ3v) is 4.24. The number of anilines is 2. The molecule has 0 bridgehead atoms. The van der Waals surface area contributed by atoms with Gasteiger partial charge in [-0.05, 0) is 60.3 Å². The monoisotopic (exact) mass is 338 g/mol. The van der Waals surface area contributed by atoms with E-state index in [1.54, 1.807) is 6.20 Å². The first-order valence-corrected chi connectivity index (χ1v) is 8.10. The van der Waals surface area contributed by atoms with Gasteiger partial charge in [-0.1, -0.05) is 6.58 Å². The fraction of sp³-hybridized carbons (Fsp3) is 0.167. The van der Waals surface area contributed by atoms with Crippen molar-refractivity contribution in [3.63, 3.8) is 0 Å². The molecule has 0 N–H and O–H groups in total. The summed E-state index contributed by atoms with van der Waals surface area (Å²) in [5.74, 6) is 1.58. The van der Waals surface area contributed by atoms with Crippen molar-refractivity contribution in [1.82, 2.24) is 15.0 Å². The molecule has 0 amide bonds. The Bertz CT molecular complexity index is 928. The first-order valence-electron chi connectivity index (χ1n) is 7.72. The quantitative estimate of drug-likeness (QED) is 0.527. The van der Waals surface area contributed by atoms with Crippen LogP contribution in [-0.2, 0) is 6.42 Å². The molecule has 0 radical (unpaired) electrons. The Hall–Kier alpha value is -2.66. The van der Waals surface area contributed by atoms with Crippen LogP contribution in [0.1, 0.15) is 12.0 Å². The van der Waals surface area contributed by atoms with Crippen molar-refractivity contribution in [2.75, 3.05) is 11.4 Å². The van der Waals surface area contributed by atoms with Gasteiger partial charge in [0.1, 0.15) is 11.6 Å². The predicted octanol–water partition coefficient (Wildman–Crippen LogP) is 4.28. The van der Waals surface area contributed by atoms with Gasteiger partial charge in [0.2, 0.25) is 5.28 Å². The Morgan fingerprint density at radius 1 is 1.25 bits per heavy atom. The van der Waals surface area contributed by atoms with Gasteiger partial charge in [-0.3, -0.25) is 0 Å². The number of fused-ring (bicyclic) bond motifs is 2. The van der Waals surface area contributed by atoms with Crippen LogP contribution in [0.15, 0.2) is 49.4 Å². The number of pyridine rings is 1. The second-order valence-corrected chi connectivity index (χ2v) is 5.86. The van der Waals surface area contributed by atoms with Crippen LogP contribution < -0.4 is 9.64 Å². The van der Waals surface area contributed by atoms with E-state index in [0.29, 0.717) is 5.65 Å². The zero-order valence-electron chi connectivity index (χ0n) is 12.9. The summed E-state index contributed by atoms with van der Waals surface area (Å²) in [6.45, 7) is 4.47. The average molecular weight is 339 g/mol. The van der Waals surface area contributed by atoms with Gasteiger partial charge in [-0.15, -0.1) is 0 Å².